The molecular formula is C2H6CdS. The predicted octanol–water partition coefficient (Wildman–Crippen LogP) is 0.934. The van der Waals surface area contributed by atoms with Crippen molar-refractivity contribution >= 4 is 12.6 Å². The maximum Gasteiger partial charge on any atom is 0 e. The fourth-order valence-corrected chi connectivity index (χ4v) is 0. The van der Waals surface area contributed by atoms with Crippen LogP contribution in [0.3, 0.4) is 0 Å². The van der Waals surface area contributed by atoms with Crippen molar-refractivity contribution in [1.82, 2.24) is 0 Å². The largest absolute Gasteiger partial charge is 0.180 e. The van der Waals surface area contributed by atoms with Gasteiger partial charge in [-0.2, -0.15) is 12.6 Å². The summed E-state index contributed by atoms with van der Waals surface area (Å²) in [4.78, 5) is 0. The normalized spacial score (nSPS) is 4.50. The van der Waals surface area contributed by atoms with Crippen LogP contribution in [-0.2, 0) is 27.3 Å². The molecule has 0 aromatic heterocycles. The third-order valence-corrected chi connectivity index (χ3v) is 0. The molecule has 0 N–H and O–H groups in total. The van der Waals surface area contributed by atoms with Gasteiger partial charge in [-0.1, -0.05) is 6.92 Å². The molecule has 0 aliphatic heterocycles. The molecule has 22 valence electrons. The second kappa shape index (κ2) is 8.86. The number of thiol groups is 1. The van der Waals surface area contributed by atoms with Gasteiger partial charge >= 0.3 is 0 Å². The molecule has 0 aliphatic carbocycles. The molecule has 0 atom stereocenters. The van der Waals surface area contributed by atoms with Gasteiger partial charge in [-0.15, -0.1) is 0 Å². The summed E-state index contributed by atoms with van der Waals surface area (Å²) in [7, 11) is 0. The van der Waals surface area contributed by atoms with Gasteiger partial charge in [-0.25, -0.2) is 0 Å². The minimum atomic E-state index is 0. The van der Waals surface area contributed by atoms with E-state index >= 15 is 0 Å². The zero-order valence-corrected chi connectivity index (χ0v) is 7.79. The van der Waals surface area contributed by atoms with E-state index in [1.165, 1.54) is 0 Å². The number of hydrogen-bond donors (Lipinski definition) is 1. The van der Waals surface area contributed by atoms with E-state index in [4.69, 9.17) is 0 Å². The second-order valence-electron chi connectivity index (χ2n) is 0.316. The van der Waals surface area contributed by atoms with E-state index in [2.05, 4.69) is 12.6 Å². The van der Waals surface area contributed by atoms with Crippen molar-refractivity contribution in [2.24, 2.45) is 0 Å². The molecule has 0 aliphatic rings. The summed E-state index contributed by atoms with van der Waals surface area (Å²) in [6, 6.07) is 0. The third kappa shape index (κ3) is 10.4. The topological polar surface area (TPSA) is 0 Å². The van der Waals surface area contributed by atoms with Crippen molar-refractivity contribution in [1.29, 1.82) is 0 Å². The monoisotopic (exact) mass is 176 g/mol. The SMILES string of the molecule is CCS.[Cd]. The van der Waals surface area contributed by atoms with Crippen molar-refractivity contribution in [3.05, 3.63) is 0 Å². The molecule has 0 saturated heterocycles. The van der Waals surface area contributed by atoms with Crippen molar-refractivity contribution in [2.75, 3.05) is 5.75 Å². The standard InChI is InChI=1S/C2H6S.Cd/c1-2-3;/h3H,2H2,1H3;. The molecule has 0 aromatic rings. The number of hydrogen-bond acceptors (Lipinski definition) is 1. The van der Waals surface area contributed by atoms with Gasteiger partial charge in [-0.3, -0.25) is 0 Å². The van der Waals surface area contributed by atoms with Gasteiger partial charge in [0.25, 0.3) is 0 Å². The van der Waals surface area contributed by atoms with Crippen LogP contribution >= 0.6 is 12.6 Å². The first-order valence-corrected chi connectivity index (χ1v) is 1.66. The van der Waals surface area contributed by atoms with Crippen LogP contribution in [-0.4, -0.2) is 5.75 Å². The molecule has 0 rings (SSSR count). The Morgan fingerprint density at radius 2 is 1.75 bits per heavy atom. The Bertz CT molecular complexity index is 6.00. The Morgan fingerprint density at radius 3 is 1.75 bits per heavy atom. The van der Waals surface area contributed by atoms with Gasteiger partial charge < -0.3 is 0 Å². The Kier molecular flexibility index (Phi) is 19.9. The predicted molar refractivity (Wildman–Crippen MR) is 19.5 cm³/mol. The van der Waals surface area contributed by atoms with E-state index < -0.39 is 0 Å². The Hall–Kier alpha value is 1.27. The molecule has 0 heterocycles. The van der Waals surface area contributed by atoms with Gasteiger partial charge in [0.1, 0.15) is 0 Å². The Balaban J connectivity index is 0. The van der Waals surface area contributed by atoms with Gasteiger partial charge in [0, 0.05) is 27.3 Å². The average Bonchev–Trinajstić information content (AvgIpc) is 0.918. The maximum absolute atomic E-state index is 3.79. The van der Waals surface area contributed by atoms with Crippen LogP contribution in [0.2, 0.25) is 0 Å². The van der Waals surface area contributed by atoms with Crippen molar-refractivity contribution in [3.8, 4) is 0 Å². The zero-order chi connectivity index (χ0) is 2.71. The van der Waals surface area contributed by atoms with Crippen molar-refractivity contribution < 1.29 is 27.3 Å². The summed E-state index contributed by atoms with van der Waals surface area (Å²) < 4.78 is 0. The molecule has 0 saturated carbocycles. The second-order valence-corrected chi connectivity index (χ2v) is 0.949. The van der Waals surface area contributed by atoms with Gasteiger partial charge in [0.05, 0.1) is 0 Å². The first kappa shape index (κ1) is 8.99. The molecule has 0 unspecified atom stereocenters. The smallest absolute Gasteiger partial charge is 0 e. The summed E-state index contributed by atoms with van der Waals surface area (Å²) in [5.41, 5.74) is 0. The molecule has 0 spiro atoms. The molecule has 0 amide bonds. The van der Waals surface area contributed by atoms with Gasteiger partial charge in [0.2, 0.25) is 0 Å². The maximum atomic E-state index is 3.79. The zero-order valence-electron chi connectivity index (χ0n) is 2.86. The Labute approximate surface area is 52.5 Å². The van der Waals surface area contributed by atoms with E-state index in [0.29, 0.717) is 0 Å². The Morgan fingerprint density at radius 1 is 1.75 bits per heavy atom. The third-order valence-electron chi connectivity index (χ3n) is 0. The molecule has 0 radical (unpaired) electrons. The average molecular weight is 175 g/mol. The minimum absolute atomic E-state index is 0. The van der Waals surface area contributed by atoms with Crippen molar-refractivity contribution in [2.45, 2.75) is 6.92 Å². The summed E-state index contributed by atoms with van der Waals surface area (Å²) in [5, 5.41) is 0. The van der Waals surface area contributed by atoms with Crippen LogP contribution in [0.25, 0.3) is 0 Å². The van der Waals surface area contributed by atoms with Crippen LogP contribution in [0.15, 0.2) is 0 Å². The van der Waals surface area contributed by atoms with Crippen LogP contribution in [0, 0.1) is 0 Å². The van der Waals surface area contributed by atoms with E-state index in [-0.39, 0.29) is 27.3 Å². The molecule has 0 nitrogen and oxygen atoms in total. The van der Waals surface area contributed by atoms with E-state index in [9.17, 15) is 0 Å². The molecular weight excluding hydrogens is 169 g/mol. The van der Waals surface area contributed by atoms with Crippen LogP contribution in [0.1, 0.15) is 6.92 Å². The summed E-state index contributed by atoms with van der Waals surface area (Å²) in [6.45, 7) is 1.99. The molecule has 2 heteroatoms. The van der Waals surface area contributed by atoms with E-state index in [0.717, 1.165) is 5.75 Å². The van der Waals surface area contributed by atoms with Gasteiger partial charge in [-0.05, 0) is 5.75 Å². The van der Waals surface area contributed by atoms with Gasteiger partial charge in [0.15, 0.2) is 0 Å². The quantitative estimate of drug-likeness (QED) is 0.410. The van der Waals surface area contributed by atoms with Crippen LogP contribution in [0.5, 0.6) is 0 Å². The number of rotatable bonds is 0. The van der Waals surface area contributed by atoms with Crippen LogP contribution < -0.4 is 0 Å². The summed E-state index contributed by atoms with van der Waals surface area (Å²) in [5.74, 6) is 0.944. The fraction of sp³-hybridized carbons (Fsp3) is 1.00. The van der Waals surface area contributed by atoms with E-state index in [1.54, 1.807) is 0 Å². The first-order valence-electron chi connectivity index (χ1n) is 1.02. The van der Waals surface area contributed by atoms with E-state index in [1.807, 2.05) is 6.92 Å². The molecule has 0 fully saturated rings. The summed E-state index contributed by atoms with van der Waals surface area (Å²) in [6.07, 6.45) is 0. The molecule has 0 aromatic carbocycles. The summed E-state index contributed by atoms with van der Waals surface area (Å²) >= 11 is 3.79. The molecule has 4 heavy (non-hydrogen) atoms. The fourth-order valence-electron chi connectivity index (χ4n) is 0. The minimum Gasteiger partial charge on any atom is -0.180 e. The van der Waals surface area contributed by atoms with Crippen molar-refractivity contribution in [3.63, 3.8) is 0 Å². The van der Waals surface area contributed by atoms with Crippen LogP contribution in [0.4, 0.5) is 0 Å². The molecule has 0 bridgehead atoms. The first-order chi connectivity index (χ1) is 1.41.